The fraction of sp³-hybridized carbons (Fsp3) is 0.385. The van der Waals surface area contributed by atoms with Gasteiger partial charge in [0.1, 0.15) is 5.54 Å². The van der Waals surface area contributed by atoms with E-state index >= 15 is 0 Å². The molecule has 0 bridgehead atoms. The number of hydrogen-bond donors (Lipinski definition) is 1. The molecule has 19 heavy (non-hydrogen) atoms. The number of hydrogen-bond acceptors (Lipinski definition) is 2. The SMILES string of the molecule is FC(F)(F)C1(NCc2sc3ccccc3c2Cl)CC1. The van der Waals surface area contributed by atoms with Crippen LogP contribution >= 0.6 is 22.9 Å². The standard InChI is InChI=1S/C13H11ClF3NS/c14-11-8-3-1-2-4-9(8)19-10(11)7-18-12(5-6-12)13(15,16)17/h1-4,18H,5-7H2. The van der Waals surface area contributed by atoms with Gasteiger partial charge in [0.2, 0.25) is 0 Å². The minimum atomic E-state index is -4.18. The highest BCUT2D eigenvalue weighted by molar-refractivity contribution is 7.19. The van der Waals surface area contributed by atoms with E-state index in [-0.39, 0.29) is 19.4 Å². The van der Waals surface area contributed by atoms with Crippen molar-refractivity contribution >= 4 is 33.0 Å². The summed E-state index contributed by atoms with van der Waals surface area (Å²) in [5, 5.41) is 4.10. The number of thiophene rings is 1. The third-order valence-electron chi connectivity index (χ3n) is 3.48. The molecule has 3 rings (SSSR count). The van der Waals surface area contributed by atoms with Crippen LogP contribution in [0, 0.1) is 0 Å². The molecule has 0 atom stereocenters. The first-order valence-corrected chi connectivity index (χ1v) is 7.10. The summed E-state index contributed by atoms with van der Waals surface area (Å²) in [7, 11) is 0. The van der Waals surface area contributed by atoms with Crippen molar-refractivity contribution < 1.29 is 13.2 Å². The lowest BCUT2D eigenvalue weighted by Gasteiger charge is -2.20. The van der Waals surface area contributed by atoms with Gasteiger partial charge in [-0.05, 0) is 18.9 Å². The van der Waals surface area contributed by atoms with Crippen LogP contribution in [0.2, 0.25) is 5.02 Å². The molecule has 1 heterocycles. The molecule has 0 saturated heterocycles. The summed E-state index contributed by atoms with van der Waals surface area (Å²) in [6.07, 6.45) is -3.88. The summed E-state index contributed by atoms with van der Waals surface area (Å²) < 4.78 is 39.4. The van der Waals surface area contributed by atoms with Crippen LogP contribution in [0.3, 0.4) is 0 Å². The van der Waals surface area contributed by atoms with Gasteiger partial charge in [-0.3, -0.25) is 5.32 Å². The van der Waals surface area contributed by atoms with E-state index in [1.165, 1.54) is 11.3 Å². The summed E-state index contributed by atoms with van der Waals surface area (Å²) in [6.45, 7) is 0.164. The lowest BCUT2D eigenvalue weighted by atomic mass is 10.2. The van der Waals surface area contributed by atoms with Gasteiger partial charge in [-0.2, -0.15) is 13.2 Å². The molecule has 0 radical (unpaired) electrons. The molecule has 0 unspecified atom stereocenters. The van der Waals surface area contributed by atoms with Gasteiger partial charge in [0.25, 0.3) is 0 Å². The van der Waals surface area contributed by atoms with Crippen LogP contribution in [0.1, 0.15) is 17.7 Å². The molecular weight excluding hydrogens is 295 g/mol. The highest BCUT2D eigenvalue weighted by atomic mass is 35.5. The average Bonchev–Trinajstić information content (AvgIpc) is 3.09. The third kappa shape index (κ3) is 2.24. The lowest BCUT2D eigenvalue weighted by Crippen LogP contribution is -2.44. The Morgan fingerprint density at radius 2 is 1.95 bits per heavy atom. The van der Waals surface area contributed by atoms with Crippen molar-refractivity contribution in [2.24, 2.45) is 0 Å². The van der Waals surface area contributed by atoms with Gasteiger partial charge in [-0.25, -0.2) is 0 Å². The summed E-state index contributed by atoms with van der Waals surface area (Å²) in [6, 6.07) is 7.57. The summed E-state index contributed by atoms with van der Waals surface area (Å²) in [5.41, 5.74) is -1.69. The fourth-order valence-corrected chi connectivity index (χ4v) is 3.55. The van der Waals surface area contributed by atoms with Crippen LogP contribution < -0.4 is 5.32 Å². The van der Waals surface area contributed by atoms with Gasteiger partial charge in [0.05, 0.1) is 5.02 Å². The highest BCUT2D eigenvalue weighted by Crippen LogP contribution is 2.49. The van der Waals surface area contributed by atoms with Gasteiger partial charge in [-0.15, -0.1) is 11.3 Å². The number of nitrogens with one attached hydrogen (secondary N) is 1. The number of halogens is 4. The molecule has 6 heteroatoms. The van der Waals surface area contributed by atoms with Crippen LogP contribution in [0.5, 0.6) is 0 Å². The third-order valence-corrected chi connectivity index (χ3v) is 5.20. The zero-order chi connectivity index (χ0) is 13.7. The number of alkyl halides is 3. The summed E-state index contributed by atoms with van der Waals surface area (Å²) >= 11 is 7.65. The Balaban J connectivity index is 1.81. The Bertz CT molecular complexity index is 616. The van der Waals surface area contributed by atoms with Crippen molar-refractivity contribution in [2.75, 3.05) is 0 Å². The van der Waals surface area contributed by atoms with Crippen molar-refractivity contribution in [1.29, 1.82) is 0 Å². The molecule has 1 aromatic carbocycles. The molecule has 1 saturated carbocycles. The van der Waals surface area contributed by atoms with E-state index in [1.54, 1.807) is 0 Å². The second-order valence-electron chi connectivity index (χ2n) is 4.77. The molecule has 1 aliphatic carbocycles. The maximum absolute atomic E-state index is 12.8. The first kappa shape index (κ1) is 13.2. The second-order valence-corrected chi connectivity index (χ2v) is 6.28. The number of rotatable bonds is 3. The Kier molecular flexibility index (Phi) is 3.04. The molecule has 1 aliphatic rings. The van der Waals surface area contributed by atoms with Crippen LogP contribution in [-0.2, 0) is 6.54 Å². The summed E-state index contributed by atoms with van der Waals surface area (Å²) in [5.74, 6) is 0. The van der Waals surface area contributed by atoms with E-state index in [9.17, 15) is 13.2 Å². The quantitative estimate of drug-likeness (QED) is 0.863. The molecule has 1 aromatic heterocycles. The Morgan fingerprint density at radius 3 is 2.53 bits per heavy atom. The topological polar surface area (TPSA) is 12.0 Å². The van der Waals surface area contributed by atoms with Crippen LogP contribution in [-0.4, -0.2) is 11.7 Å². The van der Waals surface area contributed by atoms with Gasteiger partial charge in [0.15, 0.2) is 0 Å². The Hall–Kier alpha value is -0.780. The first-order valence-electron chi connectivity index (χ1n) is 5.91. The fourth-order valence-electron chi connectivity index (χ4n) is 2.11. The second kappa shape index (κ2) is 4.36. The minimum Gasteiger partial charge on any atom is -0.299 e. The average molecular weight is 306 g/mol. The van der Waals surface area contributed by atoms with Gasteiger partial charge >= 0.3 is 6.18 Å². The number of fused-ring (bicyclic) bond motifs is 1. The number of benzene rings is 1. The van der Waals surface area contributed by atoms with Gasteiger partial charge in [0, 0.05) is 21.5 Å². The van der Waals surface area contributed by atoms with E-state index in [1.807, 2.05) is 24.3 Å². The van der Waals surface area contributed by atoms with Crippen molar-refractivity contribution in [1.82, 2.24) is 5.32 Å². The molecule has 2 aromatic rings. The molecule has 1 fully saturated rings. The van der Waals surface area contributed by atoms with Crippen LogP contribution in [0.25, 0.3) is 10.1 Å². The van der Waals surface area contributed by atoms with E-state index in [4.69, 9.17) is 11.6 Å². The zero-order valence-corrected chi connectivity index (χ0v) is 11.4. The largest absolute Gasteiger partial charge is 0.406 e. The van der Waals surface area contributed by atoms with Gasteiger partial charge in [-0.1, -0.05) is 29.8 Å². The summed E-state index contributed by atoms with van der Waals surface area (Å²) in [4.78, 5) is 0.762. The Morgan fingerprint density at radius 1 is 1.26 bits per heavy atom. The molecule has 0 aliphatic heterocycles. The molecule has 1 nitrogen and oxygen atoms in total. The smallest absolute Gasteiger partial charge is 0.299 e. The van der Waals surface area contributed by atoms with E-state index in [0.29, 0.717) is 5.02 Å². The van der Waals surface area contributed by atoms with Crippen molar-refractivity contribution in [3.05, 3.63) is 34.2 Å². The van der Waals surface area contributed by atoms with Crippen molar-refractivity contribution in [2.45, 2.75) is 31.1 Å². The van der Waals surface area contributed by atoms with Crippen LogP contribution in [0.4, 0.5) is 13.2 Å². The molecule has 0 amide bonds. The predicted octanol–water partition coefficient (Wildman–Crippen LogP) is 4.74. The monoisotopic (exact) mass is 305 g/mol. The normalized spacial score (nSPS) is 17.9. The maximum atomic E-state index is 12.8. The molecule has 102 valence electrons. The maximum Gasteiger partial charge on any atom is 0.406 e. The van der Waals surface area contributed by atoms with Crippen molar-refractivity contribution in [3.63, 3.8) is 0 Å². The first-order chi connectivity index (χ1) is 8.93. The van der Waals surface area contributed by atoms with Crippen LogP contribution in [0.15, 0.2) is 24.3 Å². The lowest BCUT2D eigenvalue weighted by molar-refractivity contribution is -0.166. The predicted molar refractivity (Wildman–Crippen MR) is 71.7 cm³/mol. The molecule has 1 N–H and O–H groups in total. The highest BCUT2D eigenvalue weighted by Gasteiger charge is 2.63. The van der Waals surface area contributed by atoms with Gasteiger partial charge < -0.3 is 0 Å². The van der Waals surface area contributed by atoms with E-state index < -0.39 is 11.7 Å². The Labute approximate surface area is 117 Å². The van der Waals surface area contributed by atoms with E-state index in [2.05, 4.69) is 5.32 Å². The minimum absolute atomic E-state index is 0.152. The molecule has 0 spiro atoms. The zero-order valence-electron chi connectivity index (χ0n) is 9.85. The molecular formula is C13H11ClF3NS. The van der Waals surface area contributed by atoms with E-state index in [0.717, 1.165) is 15.0 Å². The van der Waals surface area contributed by atoms with Crippen molar-refractivity contribution in [3.8, 4) is 0 Å².